The molecule has 1 aliphatic heterocycles. The molecule has 1 saturated heterocycles. The van der Waals surface area contributed by atoms with Crippen LogP contribution in [0.4, 0.5) is 0 Å². The number of hydrogen-bond acceptors (Lipinski definition) is 3. The molecule has 0 aliphatic carbocycles. The highest BCUT2D eigenvalue weighted by Crippen LogP contribution is 2.06. The lowest BCUT2D eigenvalue weighted by molar-refractivity contribution is -0.128. The zero-order valence-corrected chi connectivity index (χ0v) is 8.70. The van der Waals surface area contributed by atoms with Crippen LogP contribution in [0.1, 0.15) is 19.3 Å². The zero-order chi connectivity index (χ0) is 10.4. The number of hydrogen-bond donors (Lipinski definition) is 0. The highest BCUT2D eigenvalue weighted by molar-refractivity contribution is 5.77. The van der Waals surface area contributed by atoms with Gasteiger partial charge >= 0.3 is 0 Å². The monoisotopic (exact) mass is 195 g/mol. The maximum atomic E-state index is 11.2. The summed E-state index contributed by atoms with van der Waals surface area (Å²) in [6.07, 6.45) is 2.54. The molecule has 0 atom stereocenters. The van der Waals surface area contributed by atoms with Crippen molar-refractivity contribution in [2.24, 2.45) is 0 Å². The molecule has 0 saturated carbocycles. The van der Waals surface area contributed by atoms with E-state index >= 15 is 0 Å². The molecular formula is C10H17N3O. The second kappa shape index (κ2) is 5.61. The molecule has 0 aromatic heterocycles. The van der Waals surface area contributed by atoms with E-state index in [0.717, 1.165) is 26.2 Å². The number of nitrogens with zero attached hydrogens (tertiary/aromatic N) is 3. The fraction of sp³-hybridized carbons (Fsp3) is 0.800. The molecule has 1 amide bonds. The van der Waals surface area contributed by atoms with Gasteiger partial charge in [-0.2, -0.15) is 5.26 Å². The molecule has 1 rings (SSSR count). The fourth-order valence-corrected chi connectivity index (χ4v) is 1.62. The molecule has 0 spiro atoms. The van der Waals surface area contributed by atoms with E-state index in [1.165, 1.54) is 12.8 Å². The first-order chi connectivity index (χ1) is 6.74. The summed E-state index contributed by atoms with van der Waals surface area (Å²) in [4.78, 5) is 15.2. The third-order valence-corrected chi connectivity index (χ3v) is 2.61. The molecule has 4 nitrogen and oxygen atoms in total. The van der Waals surface area contributed by atoms with E-state index in [0.29, 0.717) is 0 Å². The first-order valence-corrected chi connectivity index (χ1v) is 5.07. The van der Waals surface area contributed by atoms with Crippen molar-refractivity contribution in [2.45, 2.75) is 19.3 Å². The van der Waals surface area contributed by atoms with Crippen LogP contribution in [-0.2, 0) is 4.79 Å². The van der Waals surface area contributed by atoms with Crippen molar-refractivity contribution in [1.29, 1.82) is 5.26 Å². The second-order valence-electron chi connectivity index (χ2n) is 3.70. The largest absolute Gasteiger partial charge is 0.344 e. The minimum absolute atomic E-state index is 0.00347. The first kappa shape index (κ1) is 11.0. The molecule has 14 heavy (non-hydrogen) atoms. The molecule has 1 heterocycles. The van der Waals surface area contributed by atoms with Crippen LogP contribution >= 0.6 is 0 Å². The summed E-state index contributed by atoms with van der Waals surface area (Å²) in [5.74, 6) is -0.0771. The van der Waals surface area contributed by atoms with Crippen molar-refractivity contribution < 1.29 is 4.79 Å². The van der Waals surface area contributed by atoms with E-state index in [1.807, 2.05) is 6.07 Å². The summed E-state index contributed by atoms with van der Waals surface area (Å²) in [7, 11) is 1.76. The molecule has 0 bridgehead atoms. The van der Waals surface area contributed by atoms with Gasteiger partial charge in [-0.05, 0) is 25.9 Å². The highest BCUT2D eigenvalue weighted by atomic mass is 16.2. The average Bonchev–Trinajstić information content (AvgIpc) is 2.67. The Morgan fingerprint density at radius 2 is 2.14 bits per heavy atom. The van der Waals surface area contributed by atoms with Gasteiger partial charge in [0.1, 0.15) is 6.42 Å². The molecule has 1 aliphatic rings. The third kappa shape index (κ3) is 3.35. The summed E-state index contributed by atoms with van der Waals surface area (Å²) in [6.45, 7) is 3.98. The molecule has 4 heteroatoms. The Morgan fingerprint density at radius 3 is 2.71 bits per heavy atom. The topological polar surface area (TPSA) is 47.3 Å². The Bertz CT molecular complexity index is 228. The van der Waals surface area contributed by atoms with Gasteiger partial charge in [0.15, 0.2) is 0 Å². The lowest BCUT2D eigenvalue weighted by Crippen LogP contribution is -2.34. The van der Waals surface area contributed by atoms with Gasteiger partial charge in [0.05, 0.1) is 6.07 Å². The standard InChI is InChI=1S/C10H17N3O/c1-12(10(14)4-5-11)8-9-13-6-2-3-7-13/h2-4,6-9H2,1H3. The normalized spacial score (nSPS) is 16.6. The van der Waals surface area contributed by atoms with Gasteiger partial charge in [-0.3, -0.25) is 4.79 Å². The third-order valence-electron chi connectivity index (χ3n) is 2.61. The summed E-state index contributed by atoms with van der Waals surface area (Å²) >= 11 is 0. The number of likely N-dealkylation sites (tertiary alicyclic amines) is 1. The predicted octanol–water partition coefficient (Wildman–Crippen LogP) is 0.454. The first-order valence-electron chi connectivity index (χ1n) is 5.07. The minimum atomic E-state index is -0.0771. The van der Waals surface area contributed by atoms with Gasteiger partial charge in [-0.25, -0.2) is 0 Å². The van der Waals surface area contributed by atoms with Gasteiger partial charge in [0.25, 0.3) is 0 Å². The van der Waals surface area contributed by atoms with Crippen LogP contribution in [0.2, 0.25) is 0 Å². The number of carbonyl (C=O) groups excluding carboxylic acids is 1. The van der Waals surface area contributed by atoms with Gasteiger partial charge in [-0.15, -0.1) is 0 Å². The van der Waals surface area contributed by atoms with Crippen LogP contribution in [0, 0.1) is 11.3 Å². The number of nitriles is 1. The number of likely N-dealkylation sites (N-methyl/N-ethyl adjacent to an activating group) is 1. The van der Waals surface area contributed by atoms with Crippen molar-refractivity contribution in [3.05, 3.63) is 0 Å². The maximum Gasteiger partial charge on any atom is 0.236 e. The Kier molecular flexibility index (Phi) is 4.41. The molecule has 0 aromatic rings. The van der Waals surface area contributed by atoms with E-state index in [1.54, 1.807) is 11.9 Å². The average molecular weight is 195 g/mol. The fourth-order valence-electron chi connectivity index (χ4n) is 1.62. The molecular weight excluding hydrogens is 178 g/mol. The lowest BCUT2D eigenvalue weighted by Gasteiger charge is -2.20. The van der Waals surface area contributed by atoms with E-state index in [2.05, 4.69) is 4.90 Å². The molecule has 78 valence electrons. The summed E-state index contributed by atoms with van der Waals surface area (Å²) < 4.78 is 0. The minimum Gasteiger partial charge on any atom is -0.344 e. The SMILES string of the molecule is CN(CCN1CCCC1)C(=O)CC#N. The van der Waals surface area contributed by atoms with E-state index < -0.39 is 0 Å². The van der Waals surface area contributed by atoms with Crippen molar-refractivity contribution in [2.75, 3.05) is 33.2 Å². The van der Waals surface area contributed by atoms with E-state index in [4.69, 9.17) is 5.26 Å². The molecule has 0 aromatic carbocycles. The van der Waals surface area contributed by atoms with Gasteiger partial charge in [-0.1, -0.05) is 0 Å². The van der Waals surface area contributed by atoms with Crippen LogP contribution in [0.15, 0.2) is 0 Å². The zero-order valence-electron chi connectivity index (χ0n) is 8.70. The molecule has 0 N–H and O–H groups in total. The van der Waals surface area contributed by atoms with Crippen LogP contribution in [0.5, 0.6) is 0 Å². The Hall–Kier alpha value is -1.08. The molecule has 0 unspecified atom stereocenters. The quantitative estimate of drug-likeness (QED) is 0.654. The number of amides is 1. The number of carbonyl (C=O) groups is 1. The summed E-state index contributed by atoms with van der Waals surface area (Å²) in [6, 6.07) is 1.87. The van der Waals surface area contributed by atoms with Gasteiger partial charge < -0.3 is 9.80 Å². The number of rotatable bonds is 4. The van der Waals surface area contributed by atoms with Gasteiger partial charge in [0, 0.05) is 20.1 Å². The van der Waals surface area contributed by atoms with Crippen molar-refractivity contribution in [1.82, 2.24) is 9.80 Å². The summed E-state index contributed by atoms with van der Waals surface area (Å²) in [5, 5.41) is 8.36. The van der Waals surface area contributed by atoms with Crippen LogP contribution in [-0.4, -0.2) is 48.9 Å². The summed E-state index contributed by atoms with van der Waals surface area (Å²) in [5.41, 5.74) is 0. The smallest absolute Gasteiger partial charge is 0.236 e. The van der Waals surface area contributed by atoms with Crippen molar-refractivity contribution in [3.8, 4) is 6.07 Å². The Labute approximate surface area is 85.1 Å². The van der Waals surface area contributed by atoms with Crippen LogP contribution in [0.25, 0.3) is 0 Å². The predicted molar refractivity (Wildman–Crippen MR) is 53.5 cm³/mol. The van der Waals surface area contributed by atoms with Crippen molar-refractivity contribution >= 4 is 5.91 Å². The Morgan fingerprint density at radius 1 is 1.50 bits per heavy atom. The highest BCUT2D eigenvalue weighted by Gasteiger charge is 2.13. The van der Waals surface area contributed by atoms with Gasteiger partial charge in [0.2, 0.25) is 5.91 Å². The molecule has 1 fully saturated rings. The van der Waals surface area contributed by atoms with Crippen LogP contribution in [0.3, 0.4) is 0 Å². The van der Waals surface area contributed by atoms with Crippen molar-refractivity contribution in [3.63, 3.8) is 0 Å². The molecule has 0 radical (unpaired) electrons. The van der Waals surface area contributed by atoms with E-state index in [9.17, 15) is 4.79 Å². The lowest BCUT2D eigenvalue weighted by atomic mass is 10.4. The maximum absolute atomic E-state index is 11.2. The van der Waals surface area contributed by atoms with Crippen LogP contribution < -0.4 is 0 Å². The second-order valence-corrected chi connectivity index (χ2v) is 3.70. The van der Waals surface area contributed by atoms with E-state index in [-0.39, 0.29) is 12.3 Å². The Balaban J connectivity index is 2.16.